The van der Waals surface area contributed by atoms with Crippen LogP contribution in [0, 0.1) is 6.92 Å². The zero-order chi connectivity index (χ0) is 18.1. The van der Waals surface area contributed by atoms with Crippen molar-refractivity contribution in [2.45, 2.75) is 33.2 Å². The van der Waals surface area contributed by atoms with E-state index in [9.17, 15) is 9.90 Å². The van der Waals surface area contributed by atoms with Gasteiger partial charge in [0.1, 0.15) is 0 Å². The van der Waals surface area contributed by atoms with E-state index in [1.54, 1.807) is 6.07 Å². The molecule has 1 aliphatic heterocycles. The predicted octanol–water partition coefficient (Wildman–Crippen LogP) is 3.76. The maximum Gasteiger partial charge on any atom is 0.336 e. The van der Waals surface area contributed by atoms with Crippen LogP contribution in [0.25, 0.3) is 11.1 Å². The third-order valence-corrected chi connectivity index (χ3v) is 5.24. The van der Waals surface area contributed by atoms with Crippen LogP contribution in [-0.2, 0) is 4.74 Å². The topological polar surface area (TPSA) is 54.2 Å². The van der Waals surface area contributed by atoms with E-state index < -0.39 is 5.97 Å². The second kappa shape index (κ2) is 7.02. The summed E-state index contributed by atoms with van der Waals surface area (Å²) in [6.45, 7) is 13.4. The molecule has 3 rings (SSSR count). The molecule has 5 nitrogen and oxygen atoms in total. The number of ether oxygens (including phenoxy) is 1. The highest BCUT2D eigenvalue weighted by molar-refractivity contribution is 5.91. The Kier molecular flexibility index (Phi) is 4.97. The first kappa shape index (κ1) is 17.7. The van der Waals surface area contributed by atoms with E-state index >= 15 is 0 Å². The van der Waals surface area contributed by atoms with Crippen LogP contribution in [0.3, 0.4) is 0 Å². The van der Waals surface area contributed by atoms with Gasteiger partial charge in [0, 0.05) is 36.5 Å². The number of pyridine rings is 1. The smallest absolute Gasteiger partial charge is 0.336 e. The monoisotopic (exact) mass is 342 g/mol. The van der Waals surface area contributed by atoms with E-state index in [0.717, 1.165) is 47.4 Å². The van der Waals surface area contributed by atoms with E-state index in [1.165, 1.54) is 0 Å². The van der Waals surface area contributed by atoms with Gasteiger partial charge in [-0.1, -0.05) is 13.5 Å². The van der Waals surface area contributed by atoms with Gasteiger partial charge in [0.05, 0.1) is 18.8 Å². The maximum absolute atomic E-state index is 11.8. The molecule has 2 aromatic heterocycles. The fourth-order valence-corrected chi connectivity index (χ4v) is 3.65. The van der Waals surface area contributed by atoms with Gasteiger partial charge in [-0.3, -0.25) is 4.90 Å². The van der Waals surface area contributed by atoms with Crippen molar-refractivity contribution in [3.05, 3.63) is 47.3 Å². The molecule has 5 heteroatoms. The van der Waals surface area contributed by atoms with Gasteiger partial charge in [0.25, 0.3) is 0 Å². The molecule has 3 heterocycles. The second-order valence-corrected chi connectivity index (χ2v) is 6.68. The summed E-state index contributed by atoms with van der Waals surface area (Å²) < 4.78 is 7.60. The minimum absolute atomic E-state index is 0.112. The van der Waals surface area contributed by atoms with Gasteiger partial charge in [-0.25, -0.2) is 4.79 Å². The van der Waals surface area contributed by atoms with Crippen LogP contribution in [0.2, 0.25) is 0 Å². The van der Waals surface area contributed by atoms with Gasteiger partial charge in [0.2, 0.25) is 0 Å². The van der Waals surface area contributed by atoms with Crippen LogP contribution in [0.4, 0.5) is 0 Å². The Hall–Kier alpha value is -2.11. The van der Waals surface area contributed by atoms with Crippen molar-refractivity contribution in [1.82, 2.24) is 9.30 Å². The highest BCUT2D eigenvalue weighted by atomic mass is 16.5. The SMILES string of the molecule is C=C(CC)c1cc2cc(C(=O)O)c(C)c(C(C)N3CCOCC3)n2c1. The minimum atomic E-state index is -0.882. The molecular formula is C20H26N2O3. The summed E-state index contributed by atoms with van der Waals surface area (Å²) in [5, 5.41) is 9.64. The maximum atomic E-state index is 11.8. The third-order valence-electron chi connectivity index (χ3n) is 5.24. The predicted molar refractivity (Wildman–Crippen MR) is 99.2 cm³/mol. The zero-order valence-electron chi connectivity index (χ0n) is 15.2. The van der Waals surface area contributed by atoms with Crippen molar-refractivity contribution in [2.24, 2.45) is 0 Å². The summed E-state index contributed by atoms with van der Waals surface area (Å²) >= 11 is 0. The molecule has 0 spiro atoms. The molecule has 1 fully saturated rings. The van der Waals surface area contributed by atoms with E-state index in [4.69, 9.17) is 4.74 Å². The number of hydrogen-bond donors (Lipinski definition) is 1. The number of carboxylic acid groups (broad SMARTS) is 1. The molecule has 2 aromatic rings. The summed E-state index contributed by atoms with van der Waals surface area (Å²) in [7, 11) is 0. The van der Waals surface area contributed by atoms with Crippen LogP contribution in [0.5, 0.6) is 0 Å². The Morgan fingerprint density at radius 3 is 2.64 bits per heavy atom. The number of fused-ring (bicyclic) bond motifs is 1. The molecule has 0 amide bonds. The summed E-state index contributed by atoms with van der Waals surface area (Å²) in [6, 6.07) is 3.91. The first-order valence-electron chi connectivity index (χ1n) is 8.82. The second-order valence-electron chi connectivity index (χ2n) is 6.68. The molecule has 0 aliphatic carbocycles. The summed E-state index contributed by atoms with van der Waals surface area (Å²) in [5.41, 5.74) is 5.26. The molecule has 0 aromatic carbocycles. The Morgan fingerprint density at radius 1 is 1.36 bits per heavy atom. The standard InChI is InChI=1S/C20H26N2O3/c1-5-13(2)16-10-17-11-18(20(23)24)14(3)19(22(17)12-16)15(4)21-6-8-25-9-7-21/h10-12,15H,2,5-9H2,1,3-4H3,(H,23,24). The molecule has 1 N–H and O–H groups in total. The Labute approximate surface area is 148 Å². The molecule has 0 radical (unpaired) electrons. The fourth-order valence-electron chi connectivity index (χ4n) is 3.65. The largest absolute Gasteiger partial charge is 0.478 e. The number of allylic oxidation sites excluding steroid dienone is 1. The van der Waals surface area contributed by atoms with Crippen LogP contribution in [0.15, 0.2) is 24.9 Å². The number of rotatable bonds is 5. The summed E-state index contributed by atoms with van der Waals surface area (Å²) in [6.07, 6.45) is 2.96. The van der Waals surface area contributed by atoms with Crippen molar-refractivity contribution in [3.8, 4) is 0 Å². The van der Waals surface area contributed by atoms with E-state index in [1.807, 2.05) is 13.0 Å². The Bertz CT molecular complexity index is 816. The number of nitrogens with zero attached hydrogens (tertiary/aromatic N) is 2. The molecule has 1 unspecified atom stereocenters. The number of hydrogen-bond acceptors (Lipinski definition) is 3. The molecule has 0 bridgehead atoms. The lowest BCUT2D eigenvalue weighted by molar-refractivity contribution is 0.0187. The van der Waals surface area contributed by atoms with Crippen molar-refractivity contribution < 1.29 is 14.6 Å². The first-order chi connectivity index (χ1) is 11.9. The van der Waals surface area contributed by atoms with Crippen LogP contribution < -0.4 is 0 Å². The molecule has 1 atom stereocenters. The van der Waals surface area contributed by atoms with E-state index in [-0.39, 0.29) is 6.04 Å². The van der Waals surface area contributed by atoms with Gasteiger partial charge in [0.15, 0.2) is 0 Å². The highest BCUT2D eigenvalue weighted by Gasteiger charge is 2.25. The molecule has 25 heavy (non-hydrogen) atoms. The quantitative estimate of drug-likeness (QED) is 0.899. The number of morpholine rings is 1. The van der Waals surface area contributed by atoms with Crippen molar-refractivity contribution >= 4 is 17.1 Å². The average Bonchev–Trinajstić information content (AvgIpc) is 3.04. The van der Waals surface area contributed by atoms with Gasteiger partial charge in [-0.15, -0.1) is 0 Å². The molecule has 0 saturated carbocycles. The summed E-state index contributed by atoms with van der Waals surface area (Å²) in [5.74, 6) is -0.882. The average molecular weight is 342 g/mol. The molecule has 134 valence electrons. The Balaban J connectivity index is 2.18. The van der Waals surface area contributed by atoms with Crippen molar-refractivity contribution in [1.29, 1.82) is 0 Å². The Morgan fingerprint density at radius 2 is 2.04 bits per heavy atom. The lowest BCUT2D eigenvalue weighted by Crippen LogP contribution is -2.39. The van der Waals surface area contributed by atoms with Crippen LogP contribution in [0.1, 0.15) is 53.5 Å². The lowest BCUT2D eigenvalue weighted by Gasteiger charge is -2.34. The third kappa shape index (κ3) is 3.22. The lowest BCUT2D eigenvalue weighted by atomic mass is 10.0. The number of aromatic carboxylic acids is 1. The first-order valence-corrected chi connectivity index (χ1v) is 8.82. The van der Waals surface area contributed by atoms with Gasteiger partial charge in [-0.05, 0) is 49.1 Å². The zero-order valence-corrected chi connectivity index (χ0v) is 15.2. The number of carboxylic acids is 1. The minimum Gasteiger partial charge on any atom is -0.478 e. The molecular weight excluding hydrogens is 316 g/mol. The van der Waals surface area contributed by atoms with Crippen LogP contribution in [-0.4, -0.2) is 46.7 Å². The van der Waals surface area contributed by atoms with E-state index in [2.05, 4.69) is 35.9 Å². The van der Waals surface area contributed by atoms with Gasteiger partial charge >= 0.3 is 5.97 Å². The van der Waals surface area contributed by atoms with Crippen LogP contribution >= 0.6 is 0 Å². The highest BCUT2D eigenvalue weighted by Crippen LogP contribution is 2.31. The number of carbonyl (C=O) groups is 1. The van der Waals surface area contributed by atoms with E-state index in [0.29, 0.717) is 18.8 Å². The van der Waals surface area contributed by atoms with Gasteiger partial charge in [-0.2, -0.15) is 0 Å². The molecule has 1 saturated heterocycles. The summed E-state index contributed by atoms with van der Waals surface area (Å²) in [4.78, 5) is 14.1. The molecule has 1 aliphatic rings. The van der Waals surface area contributed by atoms with Crippen molar-refractivity contribution in [2.75, 3.05) is 26.3 Å². The van der Waals surface area contributed by atoms with Gasteiger partial charge < -0.3 is 14.2 Å². The van der Waals surface area contributed by atoms with Crippen molar-refractivity contribution in [3.63, 3.8) is 0 Å². The fraction of sp³-hybridized carbons (Fsp3) is 0.450. The normalized spacial score (nSPS) is 16.9. The number of aromatic nitrogens is 1.